The third-order valence-corrected chi connectivity index (χ3v) is 4.13. The molecule has 1 amide bonds. The third-order valence-electron chi connectivity index (χ3n) is 4.13. The molecule has 1 aromatic heterocycles. The molecule has 0 bridgehead atoms. The number of carboxylic acid groups (broad SMARTS) is 1. The number of carbonyl (C=O) groups excluding carboxylic acids is 1. The van der Waals surface area contributed by atoms with Crippen molar-refractivity contribution in [2.45, 2.75) is 32.5 Å². The lowest BCUT2D eigenvalue weighted by Crippen LogP contribution is -2.40. The van der Waals surface area contributed by atoms with Gasteiger partial charge in [-0.15, -0.1) is 0 Å². The third kappa shape index (κ3) is 4.67. The molecule has 7 heteroatoms. The molecule has 25 heavy (non-hydrogen) atoms. The standard InChI is InChI=1S/C18H21N3O4/c22-17(13-25-12-14-4-2-1-3-5-14)20-8-9-21-16(11-20)10-15(19-21)6-7-18(23)24/h1-5,10H,6-9,11-13H2,(H,23,24). The number of aromatic nitrogens is 2. The van der Waals surface area contributed by atoms with Crippen LogP contribution in [0.25, 0.3) is 0 Å². The van der Waals surface area contributed by atoms with Gasteiger partial charge in [0.2, 0.25) is 5.91 Å². The van der Waals surface area contributed by atoms with Crippen LogP contribution >= 0.6 is 0 Å². The van der Waals surface area contributed by atoms with Crippen LogP contribution < -0.4 is 0 Å². The molecular weight excluding hydrogens is 322 g/mol. The minimum absolute atomic E-state index is 0.0459. The topological polar surface area (TPSA) is 84.7 Å². The number of ether oxygens (including phenoxy) is 1. The highest BCUT2D eigenvalue weighted by Crippen LogP contribution is 2.15. The fourth-order valence-electron chi connectivity index (χ4n) is 2.82. The molecule has 132 valence electrons. The molecule has 0 saturated carbocycles. The molecule has 0 saturated heterocycles. The molecule has 7 nitrogen and oxygen atoms in total. The van der Waals surface area contributed by atoms with Gasteiger partial charge in [0.05, 0.1) is 37.5 Å². The average Bonchev–Trinajstić information content (AvgIpc) is 3.03. The highest BCUT2D eigenvalue weighted by molar-refractivity contribution is 5.77. The summed E-state index contributed by atoms with van der Waals surface area (Å²) in [4.78, 5) is 24.7. The summed E-state index contributed by atoms with van der Waals surface area (Å²) < 4.78 is 7.37. The van der Waals surface area contributed by atoms with Gasteiger partial charge in [-0.3, -0.25) is 14.3 Å². The molecule has 2 heterocycles. The van der Waals surface area contributed by atoms with Crippen molar-refractivity contribution in [3.63, 3.8) is 0 Å². The summed E-state index contributed by atoms with van der Waals surface area (Å²) in [7, 11) is 0. The van der Waals surface area contributed by atoms with E-state index < -0.39 is 5.97 Å². The van der Waals surface area contributed by atoms with Gasteiger partial charge in [0.15, 0.2) is 0 Å². The van der Waals surface area contributed by atoms with Crippen LogP contribution in [0.15, 0.2) is 36.4 Å². The summed E-state index contributed by atoms with van der Waals surface area (Å²) >= 11 is 0. The zero-order valence-electron chi connectivity index (χ0n) is 13.9. The molecular formula is C18H21N3O4. The van der Waals surface area contributed by atoms with Gasteiger partial charge in [0, 0.05) is 13.0 Å². The van der Waals surface area contributed by atoms with Gasteiger partial charge in [-0.25, -0.2) is 0 Å². The van der Waals surface area contributed by atoms with Gasteiger partial charge in [0.25, 0.3) is 0 Å². The van der Waals surface area contributed by atoms with E-state index in [9.17, 15) is 9.59 Å². The number of carbonyl (C=O) groups is 2. The first-order valence-corrected chi connectivity index (χ1v) is 8.28. The van der Waals surface area contributed by atoms with E-state index in [2.05, 4.69) is 5.10 Å². The first-order valence-electron chi connectivity index (χ1n) is 8.28. The van der Waals surface area contributed by atoms with Gasteiger partial charge in [-0.05, 0) is 11.6 Å². The smallest absolute Gasteiger partial charge is 0.303 e. The Bertz CT molecular complexity index is 742. The molecule has 0 aliphatic carbocycles. The zero-order chi connectivity index (χ0) is 17.6. The Hall–Kier alpha value is -2.67. The SMILES string of the molecule is O=C(O)CCc1cc2n(n1)CCN(C(=O)COCc1ccccc1)C2. The highest BCUT2D eigenvalue weighted by Gasteiger charge is 2.22. The lowest BCUT2D eigenvalue weighted by atomic mass is 10.2. The van der Waals surface area contributed by atoms with Gasteiger partial charge < -0.3 is 14.7 Å². The Morgan fingerprint density at radius 3 is 2.76 bits per heavy atom. The maximum Gasteiger partial charge on any atom is 0.303 e. The number of amides is 1. The van der Waals surface area contributed by atoms with Crippen LogP contribution in [-0.4, -0.2) is 44.8 Å². The van der Waals surface area contributed by atoms with E-state index in [1.807, 2.05) is 41.1 Å². The lowest BCUT2D eigenvalue weighted by molar-refractivity contribution is -0.138. The van der Waals surface area contributed by atoms with E-state index >= 15 is 0 Å². The summed E-state index contributed by atoms with van der Waals surface area (Å²) in [5.41, 5.74) is 2.73. The molecule has 1 N–H and O–H groups in total. The largest absolute Gasteiger partial charge is 0.481 e. The molecule has 1 aromatic carbocycles. The Morgan fingerprint density at radius 1 is 1.20 bits per heavy atom. The molecule has 0 spiro atoms. The van der Waals surface area contributed by atoms with Crippen LogP contribution in [0, 0.1) is 0 Å². The van der Waals surface area contributed by atoms with E-state index in [0.29, 0.717) is 32.7 Å². The number of nitrogens with zero attached hydrogens (tertiary/aromatic N) is 3. The number of fused-ring (bicyclic) bond motifs is 1. The molecule has 1 aliphatic heterocycles. The molecule has 3 rings (SSSR count). The number of carboxylic acids is 1. The van der Waals surface area contributed by atoms with Crippen LogP contribution in [0.5, 0.6) is 0 Å². The quantitative estimate of drug-likeness (QED) is 0.823. The molecule has 0 radical (unpaired) electrons. The van der Waals surface area contributed by atoms with Gasteiger partial charge in [0.1, 0.15) is 6.61 Å². The van der Waals surface area contributed by atoms with E-state index in [0.717, 1.165) is 17.0 Å². The van der Waals surface area contributed by atoms with E-state index in [-0.39, 0.29) is 18.9 Å². The number of hydrogen-bond donors (Lipinski definition) is 1. The van der Waals surface area contributed by atoms with Crippen molar-refractivity contribution < 1.29 is 19.4 Å². The Kier molecular flexibility index (Phi) is 5.45. The van der Waals surface area contributed by atoms with Crippen LogP contribution in [0.2, 0.25) is 0 Å². The minimum Gasteiger partial charge on any atom is -0.481 e. The summed E-state index contributed by atoms with van der Waals surface area (Å²) in [5, 5.41) is 13.2. The Labute approximate surface area is 145 Å². The normalized spacial score (nSPS) is 13.5. The first kappa shape index (κ1) is 17.2. The second kappa shape index (κ2) is 7.94. The number of aryl methyl sites for hydroxylation is 1. The first-order chi connectivity index (χ1) is 12.1. The van der Waals surface area contributed by atoms with Gasteiger partial charge in [-0.2, -0.15) is 5.10 Å². The maximum absolute atomic E-state index is 12.3. The molecule has 1 aliphatic rings. The van der Waals surface area contributed by atoms with Crippen LogP contribution in [0.1, 0.15) is 23.4 Å². The van der Waals surface area contributed by atoms with Crippen molar-refractivity contribution in [3.05, 3.63) is 53.3 Å². The van der Waals surface area contributed by atoms with E-state index in [4.69, 9.17) is 9.84 Å². The zero-order valence-corrected chi connectivity index (χ0v) is 13.9. The van der Waals surface area contributed by atoms with Crippen LogP contribution in [0.4, 0.5) is 0 Å². The average molecular weight is 343 g/mol. The number of rotatable bonds is 7. The summed E-state index contributed by atoms with van der Waals surface area (Å²) in [6.07, 6.45) is 0.468. The minimum atomic E-state index is -0.835. The summed E-state index contributed by atoms with van der Waals surface area (Å²) in [6.45, 7) is 2.15. The monoisotopic (exact) mass is 343 g/mol. The second-order valence-corrected chi connectivity index (χ2v) is 6.04. The fraction of sp³-hybridized carbons (Fsp3) is 0.389. The van der Waals surface area contributed by atoms with Crippen molar-refractivity contribution >= 4 is 11.9 Å². The van der Waals surface area contributed by atoms with Crippen LogP contribution in [-0.2, 0) is 40.4 Å². The van der Waals surface area contributed by atoms with Crippen molar-refractivity contribution in [2.75, 3.05) is 13.2 Å². The highest BCUT2D eigenvalue weighted by atomic mass is 16.5. The van der Waals surface area contributed by atoms with E-state index in [1.165, 1.54) is 0 Å². The van der Waals surface area contributed by atoms with Crippen LogP contribution in [0.3, 0.4) is 0 Å². The second-order valence-electron chi connectivity index (χ2n) is 6.04. The van der Waals surface area contributed by atoms with Crippen molar-refractivity contribution in [2.24, 2.45) is 0 Å². The summed E-state index contributed by atoms with van der Waals surface area (Å²) in [5.74, 6) is -0.881. The lowest BCUT2D eigenvalue weighted by Gasteiger charge is -2.27. The van der Waals surface area contributed by atoms with Crippen molar-refractivity contribution in [1.29, 1.82) is 0 Å². The van der Waals surface area contributed by atoms with Gasteiger partial charge in [-0.1, -0.05) is 30.3 Å². The molecule has 2 aromatic rings. The molecule has 0 atom stereocenters. The number of aliphatic carboxylic acids is 1. The van der Waals surface area contributed by atoms with E-state index in [1.54, 1.807) is 4.90 Å². The fourth-order valence-corrected chi connectivity index (χ4v) is 2.82. The maximum atomic E-state index is 12.3. The predicted octanol–water partition coefficient (Wildman–Crippen LogP) is 1.46. The Morgan fingerprint density at radius 2 is 2.00 bits per heavy atom. The number of benzene rings is 1. The van der Waals surface area contributed by atoms with Crippen molar-refractivity contribution in [3.8, 4) is 0 Å². The Balaban J connectivity index is 1.49. The summed E-state index contributed by atoms with van der Waals surface area (Å²) in [6, 6.07) is 11.6. The van der Waals surface area contributed by atoms with Gasteiger partial charge >= 0.3 is 5.97 Å². The van der Waals surface area contributed by atoms with Crippen molar-refractivity contribution in [1.82, 2.24) is 14.7 Å². The number of hydrogen-bond acceptors (Lipinski definition) is 4. The predicted molar refractivity (Wildman–Crippen MR) is 89.7 cm³/mol. The molecule has 0 unspecified atom stereocenters. The molecule has 0 fully saturated rings.